The molecule has 0 N–H and O–H groups in total. The van der Waals surface area contributed by atoms with Crippen molar-refractivity contribution in [2.24, 2.45) is 0 Å². The van der Waals surface area contributed by atoms with E-state index in [2.05, 4.69) is 142 Å². The van der Waals surface area contributed by atoms with Gasteiger partial charge in [-0.25, -0.2) is 4.98 Å². The summed E-state index contributed by atoms with van der Waals surface area (Å²) in [5.74, 6) is 0. The molecule has 1 aliphatic heterocycles. The van der Waals surface area contributed by atoms with Crippen LogP contribution in [0.25, 0.3) is 61.1 Å². The van der Waals surface area contributed by atoms with Gasteiger partial charge in [-0.05, 0) is 47.5 Å². The third kappa shape index (κ3) is 3.60. The molecule has 0 spiro atoms. The molecule has 0 atom stereocenters. The summed E-state index contributed by atoms with van der Waals surface area (Å²) in [4.78, 5) is 6.90. The van der Waals surface area contributed by atoms with Gasteiger partial charge in [-0.2, -0.15) is 0 Å². The Morgan fingerprint density at radius 2 is 1.26 bits per heavy atom. The second-order valence-electron chi connectivity index (χ2n) is 10.9. The molecular weight excluding hydrogens is 526 g/mol. The van der Waals surface area contributed by atoms with E-state index in [1.807, 2.05) is 24.7 Å². The van der Waals surface area contributed by atoms with Gasteiger partial charge in [-0.3, -0.25) is 4.57 Å². The number of benzene rings is 6. The van der Waals surface area contributed by atoms with Gasteiger partial charge in [0.1, 0.15) is 5.58 Å². The SMILES string of the molecule is c1ccc(-c2cncn2-c2cccc(N3c4ccccc4-c4ccccc4-c4ccc5c(oc6ccccc65)c43)c2)cc1. The third-order valence-corrected chi connectivity index (χ3v) is 8.47. The largest absolute Gasteiger partial charge is 0.454 e. The van der Waals surface area contributed by atoms with E-state index in [0.29, 0.717) is 0 Å². The van der Waals surface area contributed by atoms with Gasteiger partial charge in [-0.1, -0.05) is 103 Å². The van der Waals surface area contributed by atoms with Crippen molar-refractivity contribution in [2.75, 3.05) is 4.90 Å². The lowest BCUT2D eigenvalue weighted by Crippen LogP contribution is -2.12. The molecule has 4 heteroatoms. The Morgan fingerprint density at radius 1 is 0.535 bits per heavy atom. The van der Waals surface area contributed by atoms with Gasteiger partial charge in [0.05, 0.1) is 29.6 Å². The van der Waals surface area contributed by atoms with Crippen molar-refractivity contribution in [3.05, 3.63) is 152 Å². The van der Waals surface area contributed by atoms with Crippen LogP contribution in [0.4, 0.5) is 17.1 Å². The van der Waals surface area contributed by atoms with Crippen LogP contribution in [0, 0.1) is 0 Å². The second kappa shape index (κ2) is 9.33. The molecule has 8 aromatic rings. The first-order valence-corrected chi connectivity index (χ1v) is 14.5. The summed E-state index contributed by atoms with van der Waals surface area (Å²) in [6, 6.07) is 49.2. The van der Waals surface area contributed by atoms with Gasteiger partial charge in [0.25, 0.3) is 0 Å². The lowest BCUT2D eigenvalue weighted by atomic mass is 9.94. The third-order valence-electron chi connectivity index (χ3n) is 8.47. The molecule has 2 aromatic heterocycles. The summed E-state index contributed by atoms with van der Waals surface area (Å²) in [6.45, 7) is 0. The van der Waals surface area contributed by atoms with Crippen molar-refractivity contribution in [3.8, 4) is 39.2 Å². The van der Waals surface area contributed by atoms with Gasteiger partial charge < -0.3 is 9.32 Å². The van der Waals surface area contributed by atoms with Crippen LogP contribution in [-0.2, 0) is 0 Å². The molecule has 0 amide bonds. The van der Waals surface area contributed by atoms with E-state index in [1.165, 1.54) is 16.7 Å². The van der Waals surface area contributed by atoms with Crippen LogP contribution in [0.2, 0.25) is 0 Å². The predicted molar refractivity (Wildman–Crippen MR) is 175 cm³/mol. The highest BCUT2D eigenvalue weighted by molar-refractivity contribution is 6.16. The minimum Gasteiger partial charge on any atom is -0.454 e. The molecule has 43 heavy (non-hydrogen) atoms. The number of imidazole rings is 1. The molecule has 4 nitrogen and oxygen atoms in total. The maximum Gasteiger partial charge on any atom is 0.160 e. The fourth-order valence-electron chi connectivity index (χ4n) is 6.56. The van der Waals surface area contributed by atoms with Crippen LogP contribution in [-0.4, -0.2) is 9.55 Å². The first-order valence-electron chi connectivity index (χ1n) is 14.5. The van der Waals surface area contributed by atoms with Gasteiger partial charge in [-0.15, -0.1) is 0 Å². The van der Waals surface area contributed by atoms with Crippen molar-refractivity contribution in [2.45, 2.75) is 0 Å². The van der Waals surface area contributed by atoms with Crippen LogP contribution in [0.1, 0.15) is 0 Å². The molecule has 9 rings (SSSR count). The molecule has 0 aliphatic carbocycles. The normalized spacial score (nSPS) is 12.1. The van der Waals surface area contributed by atoms with Gasteiger partial charge in [0, 0.05) is 38.8 Å². The van der Waals surface area contributed by atoms with Gasteiger partial charge in [0.15, 0.2) is 5.58 Å². The van der Waals surface area contributed by atoms with Crippen LogP contribution >= 0.6 is 0 Å². The second-order valence-corrected chi connectivity index (χ2v) is 10.9. The summed E-state index contributed by atoms with van der Waals surface area (Å²) < 4.78 is 8.86. The summed E-state index contributed by atoms with van der Waals surface area (Å²) in [6.07, 6.45) is 3.81. The average molecular weight is 552 g/mol. The summed E-state index contributed by atoms with van der Waals surface area (Å²) >= 11 is 0. The number of aromatic nitrogens is 2. The van der Waals surface area contributed by atoms with Crippen LogP contribution < -0.4 is 4.90 Å². The molecule has 0 unspecified atom stereocenters. The number of rotatable bonds is 3. The van der Waals surface area contributed by atoms with E-state index < -0.39 is 0 Å². The van der Waals surface area contributed by atoms with Crippen LogP contribution in [0.5, 0.6) is 0 Å². The number of para-hydroxylation sites is 2. The quantitative estimate of drug-likeness (QED) is 0.219. The first-order chi connectivity index (χ1) is 21.3. The zero-order valence-electron chi connectivity index (χ0n) is 23.2. The van der Waals surface area contributed by atoms with E-state index in [1.54, 1.807) is 0 Å². The Hall–Kier alpha value is -5.87. The highest BCUT2D eigenvalue weighted by atomic mass is 16.3. The van der Waals surface area contributed by atoms with Crippen molar-refractivity contribution >= 4 is 39.0 Å². The fraction of sp³-hybridized carbons (Fsp3) is 0. The number of furan rings is 1. The lowest BCUT2D eigenvalue weighted by molar-refractivity contribution is 0.669. The minimum absolute atomic E-state index is 0.878. The molecule has 202 valence electrons. The Labute approximate surface area is 248 Å². The van der Waals surface area contributed by atoms with Crippen molar-refractivity contribution in [3.63, 3.8) is 0 Å². The highest BCUT2D eigenvalue weighted by Crippen LogP contribution is 2.54. The Kier molecular flexibility index (Phi) is 5.16. The molecule has 0 fully saturated rings. The number of fused-ring (bicyclic) bond motifs is 9. The maximum absolute atomic E-state index is 6.71. The summed E-state index contributed by atoms with van der Waals surface area (Å²) in [5.41, 5.74) is 12.8. The zero-order chi connectivity index (χ0) is 28.3. The molecule has 0 bridgehead atoms. The smallest absolute Gasteiger partial charge is 0.160 e. The monoisotopic (exact) mass is 551 g/mol. The molecule has 3 heterocycles. The highest BCUT2D eigenvalue weighted by Gasteiger charge is 2.29. The number of hydrogen-bond donors (Lipinski definition) is 0. The standard InChI is InChI=1S/C39H25N3O/c1-2-11-26(12-3-1)36-24-40-25-41(36)27-13-10-14-28(23-27)42-35-19-8-6-17-31(35)29-15-4-5-16-30(29)33-21-22-34-32-18-7-9-20-37(32)43-39(34)38(33)42/h1-25H. The number of nitrogens with zero attached hydrogens (tertiary/aromatic N) is 3. The molecule has 6 aromatic carbocycles. The van der Waals surface area contributed by atoms with Crippen LogP contribution in [0.15, 0.2) is 156 Å². The molecule has 0 saturated heterocycles. The summed E-state index contributed by atoms with van der Waals surface area (Å²) in [5, 5.41) is 2.22. The van der Waals surface area contributed by atoms with Crippen molar-refractivity contribution in [1.82, 2.24) is 9.55 Å². The molecule has 0 saturated carbocycles. The topological polar surface area (TPSA) is 34.2 Å². The van der Waals surface area contributed by atoms with E-state index in [-0.39, 0.29) is 0 Å². The Balaban J connectivity index is 1.35. The van der Waals surface area contributed by atoms with Crippen molar-refractivity contribution < 1.29 is 4.42 Å². The Bertz CT molecular complexity index is 2310. The van der Waals surface area contributed by atoms with E-state index >= 15 is 0 Å². The average Bonchev–Trinajstić information content (AvgIpc) is 3.69. The van der Waals surface area contributed by atoms with E-state index in [4.69, 9.17) is 4.42 Å². The zero-order valence-corrected chi connectivity index (χ0v) is 23.2. The van der Waals surface area contributed by atoms with Gasteiger partial charge in [0.2, 0.25) is 0 Å². The van der Waals surface area contributed by atoms with E-state index in [0.717, 1.165) is 61.5 Å². The fourth-order valence-corrected chi connectivity index (χ4v) is 6.56. The van der Waals surface area contributed by atoms with E-state index in [9.17, 15) is 0 Å². The minimum atomic E-state index is 0.878. The Morgan fingerprint density at radius 3 is 2.14 bits per heavy atom. The summed E-state index contributed by atoms with van der Waals surface area (Å²) in [7, 11) is 0. The van der Waals surface area contributed by atoms with Crippen LogP contribution in [0.3, 0.4) is 0 Å². The molecular formula is C39H25N3O. The molecule has 0 radical (unpaired) electrons. The number of anilines is 3. The van der Waals surface area contributed by atoms with Gasteiger partial charge >= 0.3 is 0 Å². The number of hydrogen-bond acceptors (Lipinski definition) is 3. The lowest BCUT2D eigenvalue weighted by Gasteiger charge is -2.28. The molecule has 1 aliphatic rings. The van der Waals surface area contributed by atoms with Crippen molar-refractivity contribution in [1.29, 1.82) is 0 Å². The predicted octanol–water partition coefficient (Wildman–Crippen LogP) is 10.6. The first kappa shape index (κ1) is 23.8. The maximum atomic E-state index is 6.71.